The molecule has 9 nitrogen and oxygen atoms in total. The smallest absolute Gasteiger partial charge is 0.408 e. The lowest BCUT2D eigenvalue weighted by Crippen LogP contribution is -2.55. The highest BCUT2D eigenvalue weighted by Crippen LogP contribution is 2.37. The Morgan fingerprint density at radius 3 is 1.54 bits per heavy atom. The van der Waals surface area contributed by atoms with Gasteiger partial charge in [0.05, 0.1) is 13.5 Å². The van der Waals surface area contributed by atoms with Crippen LogP contribution in [0, 0.1) is 0 Å². The minimum atomic E-state index is -1.39. The summed E-state index contributed by atoms with van der Waals surface area (Å²) in [5.41, 5.74) is 1.36. The summed E-state index contributed by atoms with van der Waals surface area (Å²) in [6.45, 7) is 5.08. The number of benzene rings is 4. The third kappa shape index (κ3) is 9.54. The van der Waals surface area contributed by atoms with Crippen LogP contribution in [0.4, 0.5) is 4.79 Å². The van der Waals surface area contributed by atoms with Crippen LogP contribution in [0.1, 0.15) is 55.9 Å². The van der Waals surface area contributed by atoms with Gasteiger partial charge in [-0.3, -0.25) is 9.59 Å². The average molecular weight is 650 g/mol. The van der Waals surface area contributed by atoms with Crippen LogP contribution >= 0.6 is 0 Å². The van der Waals surface area contributed by atoms with E-state index in [1.165, 1.54) is 7.11 Å². The molecule has 1 unspecified atom stereocenters. The second-order valence-corrected chi connectivity index (χ2v) is 12.4. The van der Waals surface area contributed by atoms with Gasteiger partial charge in [-0.2, -0.15) is 0 Å². The molecule has 0 aliphatic heterocycles. The number of nitrogens with one attached hydrogen (secondary N) is 3. The molecule has 0 fully saturated rings. The zero-order chi connectivity index (χ0) is 34.6. The summed E-state index contributed by atoms with van der Waals surface area (Å²) in [7, 11) is 1.24. The Bertz CT molecular complexity index is 1540. The lowest BCUT2D eigenvalue weighted by molar-refractivity contribution is -0.145. The molecule has 2 atom stereocenters. The minimum Gasteiger partial charge on any atom is -0.467 e. The Morgan fingerprint density at radius 1 is 0.646 bits per heavy atom. The summed E-state index contributed by atoms with van der Waals surface area (Å²) in [5, 5.41) is 8.48. The van der Waals surface area contributed by atoms with Gasteiger partial charge < -0.3 is 25.4 Å². The molecule has 9 heteroatoms. The fourth-order valence-corrected chi connectivity index (χ4v) is 5.50. The van der Waals surface area contributed by atoms with E-state index >= 15 is 0 Å². The maximum absolute atomic E-state index is 14.2. The highest BCUT2D eigenvalue weighted by molar-refractivity contribution is 5.93. The van der Waals surface area contributed by atoms with Crippen molar-refractivity contribution in [2.24, 2.45) is 0 Å². The summed E-state index contributed by atoms with van der Waals surface area (Å²) in [4.78, 5) is 53.7. The first-order chi connectivity index (χ1) is 23.0. The monoisotopic (exact) mass is 649 g/mol. The van der Waals surface area contributed by atoms with Crippen molar-refractivity contribution in [3.63, 3.8) is 0 Å². The first-order valence-electron chi connectivity index (χ1n) is 15.9. The molecule has 0 aliphatic rings. The summed E-state index contributed by atoms with van der Waals surface area (Å²) in [6.07, 6.45) is -0.604. The van der Waals surface area contributed by atoms with E-state index in [0.717, 1.165) is 22.3 Å². The second kappa shape index (κ2) is 16.4. The lowest BCUT2D eigenvalue weighted by Gasteiger charge is -2.37. The third-order valence-corrected chi connectivity index (χ3v) is 7.71. The van der Waals surface area contributed by atoms with Crippen LogP contribution in [0.5, 0.6) is 0 Å². The number of carbonyl (C=O) groups excluding carboxylic acids is 4. The van der Waals surface area contributed by atoms with Gasteiger partial charge >= 0.3 is 12.1 Å². The van der Waals surface area contributed by atoms with Gasteiger partial charge in [0.15, 0.2) is 0 Å². The summed E-state index contributed by atoms with van der Waals surface area (Å²) < 4.78 is 10.4. The van der Waals surface area contributed by atoms with Crippen LogP contribution in [0.3, 0.4) is 0 Å². The third-order valence-electron chi connectivity index (χ3n) is 7.71. The van der Waals surface area contributed by atoms with E-state index in [1.54, 1.807) is 20.8 Å². The van der Waals surface area contributed by atoms with Gasteiger partial charge in [0.25, 0.3) is 0 Å². The van der Waals surface area contributed by atoms with Crippen molar-refractivity contribution >= 4 is 23.9 Å². The molecule has 0 spiro atoms. The van der Waals surface area contributed by atoms with Crippen molar-refractivity contribution in [1.82, 2.24) is 16.0 Å². The fourth-order valence-electron chi connectivity index (χ4n) is 5.50. The molecule has 0 radical (unpaired) electrons. The Hall–Kier alpha value is -5.44. The lowest BCUT2D eigenvalue weighted by atomic mass is 9.77. The molecule has 0 heterocycles. The van der Waals surface area contributed by atoms with Crippen LogP contribution in [0.2, 0.25) is 0 Å². The number of amides is 3. The van der Waals surface area contributed by atoms with Gasteiger partial charge in [-0.15, -0.1) is 0 Å². The minimum absolute atomic E-state index is 0.243. The molecule has 3 N–H and O–H groups in total. The maximum Gasteiger partial charge on any atom is 0.408 e. The van der Waals surface area contributed by atoms with E-state index in [1.807, 2.05) is 121 Å². The number of methoxy groups -OCH3 is 1. The molecule has 48 heavy (non-hydrogen) atoms. The Morgan fingerprint density at radius 2 is 1.10 bits per heavy atom. The Labute approximate surface area is 282 Å². The van der Waals surface area contributed by atoms with Gasteiger partial charge in [-0.1, -0.05) is 121 Å². The highest BCUT2D eigenvalue weighted by Gasteiger charge is 2.39. The summed E-state index contributed by atoms with van der Waals surface area (Å²) in [5.74, 6) is -1.90. The average Bonchev–Trinajstić information content (AvgIpc) is 3.09. The zero-order valence-corrected chi connectivity index (χ0v) is 27.8. The number of hydrogen-bond donors (Lipinski definition) is 3. The zero-order valence-electron chi connectivity index (χ0n) is 27.8. The van der Waals surface area contributed by atoms with Crippen LogP contribution in [0.25, 0.3) is 0 Å². The van der Waals surface area contributed by atoms with Crippen molar-refractivity contribution in [1.29, 1.82) is 0 Å². The first kappa shape index (κ1) is 35.4. The Balaban J connectivity index is 1.66. The predicted molar refractivity (Wildman–Crippen MR) is 184 cm³/mol. The number of hydrogen-bond acceptors (Lipinski definition) is 6. The molecular formula is C39H43N3O6. The standard InChI is InChI=1S/C39H43N3O6/c1-38(2,3)48-37(46)41-33(35(44)40-32(36(45)47-4)26-25-28-17-9-5-10-18-28)27-34(43)42-39(29-19-11-6-12-20-29,30-21-13-7-14-22-30)31-23-15-8-16-24-31/h5-24,32-33H,25-27H2,1-4H3,(H,40,44)(H,41,46)(H,42,43)/t32?,33-/m1/s1. The van der Waals surface area contributed by atoms with Crippen molar-refractivity contribution in [2.75, 3.05) is 7.11 Å². The SMILES string of the molecule is COC(=O)C(CCc1ccccc1)NC(=O)[C@@H](CC(=O)NC(c1ccccc1)(c1ccccc1)c1ccccc1)NC(=O)OC(C)(C)C. The molecule has 0 bridgehead atoms. The van der Waals surface area contributed by atoms with Crippen molar-refractivity contribution in [3.05, 3.63) is 144 Å². The molecule has 4 aromatic rings. The quantitative estimate of drug-likeness (QED) is 0.127. The Kier molecular flexibility index (Phi) is 12.1. The molecule has 250 valence electrons. The molecule has 0 aliphatic carbocycles. The van der Waals surface area contributed by atoms with Gasteiger partial charge in [-0.25, -0.2) is 9.59 Å². The van der Waals surface area contributed by atoms with Crippen LogP contribution in [-0.2, 0) is 35.8 Å². The molecule has 4 rings (SSSR count). The first-order valence-corrected chi connectivity index (χ1v) is 15.9. The molecule has 3 amide bonds. The largest absolute Gasteiger partial charge is 0.467 e. The summed E-state index contributed by atoms with van der Waals surface area (Å²) >= 11 is 0. The second-order valence-electron chi connectivity index (χ2n) is 12.4. The maximum atomic E-state index is 14.2. The van der Waals surface area contributed by atoms with E-state index in [4.69, 9.17) is 9.47 Å². The van der Waals surface area contributed by atoms with Crippen molar-refractivity contribution < 1.29 is 28.7 Å². The number of rotatable bonds is 13. The van der Waals surface area contributed by atoms with Gasteiger partial charge in [0, 0.05) is 0 Å². The number of ether oxygens (including phenoxy) is 2. The topological polar surface area (TPSA) is 123 Å². The normalized spacial score (nSPS) is 12.6. The number of esters is 1. The van der Waals surface area contributed by atoms with E-state index in [-0.39, 0.29) is 6.42 Å². The molecular weight excluding hydrogens is 606 g/mol. The van der Waals surface area contributed by atoms with Crippen LogP contribution < -0.4 is 16.0 Å². The summed E-state index contributed by atoms with van der Waals surface area (Å²) in [6, 6.07) is 35.7. The highest BCUT2D eigenvalue weighted by atomic mass is 16.6. The van der Waals surface area contributed by atoms with Gasteiger partial charge in [0.1, 0.15) is 23.2 Å². The van der Waals surface area contributed by atoms with E-state index in [2.05, 4.69) is 16.0 Å². The van der Waals surface area contributed by atoms with Gasteiger partial charge in [0.2, 0.25) is 11.8 Å². The number of carbonyl (C=O) groups is 4. The van der Waals surface area contributed by atoms with E-state index in [9.17, 15) is 19.2 Å². The predicted octanol–water partition coefficient (Wildman–Crippen LogP) is 5.67. The van der Waals surface area contributed by atoms with Crippen LogP contribution in [0.15, 0.2) is 121 Å². The van der Waals surface area contributed by atoms with E-state index in [0.29, 0.717) is 6.42 Å². The molecule has 0 saturated carbocycles. The number of alkyl carbamates (subject to hydrolysis) is 1. The fraction of sp³-hybridized carbons (Fsp3) is 0.282. The molecule has 0 saturated heterocycles. The van der Waals surface area contributed by atoms with Crippen molar-refractivity contribution in [2.45, 2.75) is 63.3 Å². The van der Waals surface area contributed by atoms with Crippen molar-refractivity contribution in [3.8, 4) is 0 Å². The molecule has 4 aromatic carbocycles. The molecule has 0 aromatic heterocycles. The van der Waals surface area contributed by atoms with Crippen LogP contribution in [-0.4, -0.2) is 48.7 Å². The van der Waals surface area contributed by atoms with Gasteiger partial charge in [-0.05, 0) is 55.9 Å². The number of aryl methyl sites for hydroxylation is 1. The van der Waals surface area contributed by atoms with E-state index < -0.39 is 53.5 Å².